The van der Waals surface area contributed by atoms with Crippen LogP contribution in [-0.4, -0.2) is 10.2 Å². The van der Waals surface area contributed by atoms with Gasteiger partial charge >= 0.3 is 0 Å². The van der Waals surface area contributed by atoms with Gasteiger partial charge < -0.3 is 5.32 Å². The first-order valence-electron chi connectivity index (χ1n) is 5.50. The van der Waals surface area contributed by atoms with E-state index in [0.29, 0.717) is 0 Å². The molecule has 1 aromatic carbocycles. The topological polar surface area (TPSA) is 40.7 Å². The Balaban J connectivity index is 2.17. The third-order valence-electron chi connectivity index (χ3n) is 2.75. The van der Waals surface area contributed by atoms with Crippen molar-refractivity contribution in [1.29, 1.82) is 0 Å². The van der Waals surface area contributed by atoms with Gasteiger partial charge in [0.05, 0.1) is 11.7 Å². The molecule has 0 bridgehead atoms. The first-order valence-corrected chi connectivity index (χ1v) is 5.50. The molecule has 2 aromatic rings. The van der Waals surface area contributed by atoms with Crippen molar-refractivity contribution < 1.29 is 0 Å². The predicted octanol–water partition coefficient (Wildman–Crippen LogP) is 3.20. The number of hydrogen-bond acceptors (Lipinski definition) is 2. The van der Waals surface area contributed by atoms with Gasteiger partial charge in [-0.25, -0.2) is 0 Å². The molecule has 1 aromatic heterocycles. The van der Waals surface area contributed by atoms with Crippen LogP contribution in [0.1, 0.15) is 29.8 Å². The number of benzene rings is 1. The number of H-pyrrole nitrogens is 1. The normalized spacial score (nSPS) is 12.4. The zero-order chi connectivity index (χ0) is 11.5. The highest BCUT2D eigenvalue weighted by molar-refractivity contribution is 5.53. The maximum absolute atomic E-state index is 3.96. The van der Waals surface area contributed by atoms with Gasteiger partial charge in [0.1, 0.15) is 0 Å². The van der Waals surface area contributed by atoms with Gasteiger partial charge in [0.15, 0.2) is 0 Å². The summed E-state index contributed by atoms with van der Waals surface area (Å²) >= 11 is 0. The van der Waals surface area contributed by atoms with E-state index in [1.54, 1.807) is 6.20 Å². The average molecular weight is 215 g/mol. The number of rotatable bonds is 3. The minimum absolute atomic E-state index is 0.239. The van der Waals surface area contributed by atoms with Gasteiger partial charge in [0, 0.05) is 11.9 Å². The molecule has 0 radical (unpaired) electrons. The van der Waals surface area contributed by atoms with E-state index in [9.17, 15) is 0 Å². The summed E-state index contributed by atoms with van der Waals surface area (Å²) in [6.07, 6.45) is 1.77. The Hall–Kier alpha value is -1.77. The maximum Gasteiger partial charge on any atom is 0.0651 e. The minimum atomic E-state index is 0.239. The second-order valence-corrected chi connectivity index (χ2v) is 4.20. The summed E-state index contributed by atoms with van der Waals surface area (Å²) in [6.45, 7) is 6.34. The predicted molar refractivity (Wildman–Crippen MR) is 66.5 cm³/mol. The molecular weight excluding hydrogens is 198 g/mol. The Labute approximate surface area is 95.9 Å². The zero-order valence-corrected chi connectivity index (χ0v) is 9.91. The fourth-order valence-electron chi connectivity index (χ4n) is 1.71. The molecule has 2 N–H and O–H groups in total. The van der Waals surface area contributed by atoms with Gasteiger partial charge in [-0.1, -0.05) is 12.1 Å². The maximum atomic E-state index is 3.96. The van der Waals surface area contributed by atoms with Crippen LogP contribution in [0.4, 0.5) is 5.69 Å². The molecule has 3 nitrogen and oxygen atoms in total. The Kier molecular flexibility index (Phi) is 2.95. The molecule has 84 valence electrons. The Morgan fingerprint density at radius 2 is 2.06 bits per heavy atom. The molecule has 0 aliphatic heterocycles. The first kappa shape index (κ1) is 10.7. The first-order chi connectivity index (χ1) is 7.66. The molecule has 16 heavy (non-hydrogen) atoms. The lowest BCUT2D eigenvalue weighted by Gasteiger charge is -2.16. The number of aromatic nitrogens is 2. The van der Waals surface area contributed by atoms with Crippen LogP contribution >= 0.6 is 0 Å². The molecule has 3 heteroatoms. The van der Waals surface area contributed by atoms with Crippen LogP contribution in [0.3, 0.4) is 0 Å². The van der Waals surface area contributed by atoms with E-state index in [1.807, 2.05) is 6.07 Å². The molecule has 0 spiro atoms. The second-order valence-electron chi connectivity index (χ2n) is 4.20. The summed E-state index contributed by atoms with van der Waals surface area (Å²) in [5, 5.41) is 10.4. The van der Waals surface area contributed by atoms with E-state index in [-0.39, 0.29) is 6.04 Å². The van der Waals surface area contributed by atoms with Crippen LogP contribution in [0.15, 0.2) is 30.5 Å². The Bertz CT molecular complexity index is 460. The molecule has 0 saturated carbocycles. The minimum Gasteiger partial charge on any atom is -0.377 e. The summed E-state index contributed by atoms with van der Waals surface area (Å²) in [5.41, 5.74) is 4.81. The highest BCUT2D eigenvalue weighted by atomic mass is 15.1. The van der Waals surface area contributed by atoms with E-state index < -0.39 is 0 Å². The number of hydrogen-bond donors (Lipinski definition) is 2. The number of nitrogens with zero attached hydrogens (tertiary/aromatic N) is 1. The number of nitrogens with one attached hydrogen (secondary N) is 2. The van der Waals surface area contributed by atoms with Crippen LogP contribution in [0.5, 0.6) is 0 Å². The van der Waals surface area contributed by atoms with Gasteiger partial charge in [-0.2, -0.15) is 5.10 Å². The van der Waals surface area contributed by atoms with Crippen LogP contribution in [-0.2, 0) is 0 Å². The highest BCUT2D eigenvalue weighted by Gasteiger charge is 2.07. The summed E-state index contributed by atoms with van der Waals surface area (Å²) in [6, 6.07) is 8.66. The molecule has 1 heterocycles. The van der Waals surface area contributed by atoms with E-state index in [1.165, 1.54) is 16.8 Å². The monoisotopic (exact) mass is 215 g/mol. The van der Waals surface area contributed by atoms with Crippen LogP contribution in [0.25, 0.3) is 0 Å². The van der Waals surface area contributed by atoms with Crippen LogP contribution < -0.4 is 5.32 Å². The van der Waals surface area contributed by atoms with Crippen molar-refractivity contribution in [3.8, 4) is 0 Å². The smallest absolute Gasteiger partial charge is 0.0651 e. The molecule has 2 rings (SSSR count). The SMILES string of the molecule is Cc1ccc(C)c(NC(C)c2ccn[nH]2)c1. The molecule has 0 amide bonds. The Morgan fingerprint density at radius 3 is 2.75 bits per heavy atom. The fourth-order valence-corrected chi connectivity index (χ4v) is 1.71. The fraction of sp³-hybridized carbons (Fsp3) is 0.308. The lowest BCUT2D eigenvalue weighted by atomic mass is 10.1. The van der Waals surface area contributed by atoms with Gasteiger partial charge in [0.2, 0.25) is 0 Å². The van der Waals surface area contributed by atoms with E-state index in [2.05, 4.69) is 54.5 Å². The van der Waals surface area contributed by atoms with Crippen molar-refractivity contribution in [2.24, 2.45) is 0 Å². The third-order valence-corrected chi connectivity index (χ3v) is 2.75. The van der Waals surface area contributed by atoms with Gasteiger partial charge in [0.25, 0.3) is 0 Å². The number of anilines is 1. The molecule has 0 aliphatic rings. The van der Waals surface area contributed by atoms with E-state index in [4.69, 9.17) is 0 Å². The molecule has 1 atom stereocenters. The molecule has 0 fully saturated rings. The Morgan fingerprint density at radius 1 is 1.25 bits per heavy atom. The lowest BCUT2D eigenvalue weighted by molar-refractivity contribution is 0.824. The number of aromatic amines is 1. The van der Waals surface area contributed by atoms with Crippen LogP contribution in [0, 0.1) is 13.8 Å². The summed E-state index contributed by atoms with van der Waals surface area (Å²) < 4.78 is 0. The van der Waals surface area contributed by atoms with Crippen molar-refractivity contribution >= 4 is 5.69 Å². The quantitative estimate of drug-likeness (QED) is 0.825. The molecule has 1 unspecified atom stereocenters. The van der Waals surface area contributed by atoms with Crippen molar-refractivity contribution in [3.63, 3.8) is 0 Å². The van der Waals surface area contributed by atoms with Crippen molar-refractivity contribution in [2.75, 3.05) is 5.32 Å². The molecule has 0 saturated heterocycles. The van der Waals surface area contributed by atoms with E-state index in [0.717, 1.165) is 5.69 Å². The largest absolute Gasteiger partial charge is 0.377 e. The third kappa shape index (κ3) is 2.24. The van der Waals surface area contributed by atoms with Gasteiger partial charge in [-0.05, 0) is 44.0 Å². The number of aryl methyl sites for hydroxylation is 2. The summed E-state index contributed by atoms with van der Waals surface area (Å²) in [5.74, 6) is 0. The van der Waals surface area contributed by atoms with Crippen molar-refractivity contribution in [2.45, 2.75) is 26.8 Å². The molecular formula is C13H17N3. The van der Waals surface area contributed by atoms with Gasteiger partial charge in [-0.15, -0.1) is 0 Å². The summed E-state index contributed by atoms with van der Waals surface area (Å²) in [7, 11) is 0. The average Bonchev–Trinajstić information content (AvgIpc) is 2.76. The molecule has 0 aliphatic carbocycles. The van der Waals surface area contributed by atoms with Crippen LogP contribution in [0.2, 0.25) is 0 Å². The highest BCUT2D eigenvalue weighted by Crippen LogP contribution is 2.21. The zero-order valence-electron chi connectivity index (χ0n) is 9.91. The lowest BCUT2D eigenvalue weighted by Crippen LogP contribution is -2.08. The summed E-state index contributed by atoms with van der Waals surface area (Å²) in [4.78, 5) is 0. The standard InChI is InChI=1S/C13H17N3/c1-9-4-5-10(2)13(8-9)15-11(3)12-6-7-14-16-12/h4-8,11,15H,1-3H3,(H,14,16). The van der Waals surface area contributed by atoms with Gasteiger partial charge in [-0.3, -0.25) is 5.10 Å². The second kappa shape index (κ2) is 4.39. The van der Waals surface area contributed by atoms with E-state index >= 15 is 0 Å². The van der Waals surface area contributed by atoms with Crippen molar-refractivity contribution in [1.82, 2.24) is 10.2 Å². The van der Waals surface area contributed by atoms with Crippen molar-refractivity contribution in [3.05, 3.63) is 47.3 Å².